The van der Waals surface area contributed by atoms with E-state index in [-0.39, 0.29) is 11.6 Å². The third-order valence-corrected chi connectivity index (χ3v) is 2.92. The summed E-state index contributed by atoms with van der Waals surface area (Å²) >= 11 is 0. The van der Waals surface area contributed by atoms with Gasteiger partial charge in [0.05, 0.1) is 6.10 Å². The van der Waals surface area contributed by atoms with E-state index in [4.69, 9.17) is 0 Å². The number of aromatic nitrogens is 1. The molecule has 2 N–H and O–H groups in total. The zero-order valence-electron chi connectivity index (χ0n) is 12.6. The van der Waals surface area contributed by atoms with E-state index in [1.165, 1.54) is 5.56 Å². The molecule has 0 saturated carbocycles. The Kier molecular flexibility index (Phi) is 6.42. The van der Waals surface area contributed by atoms with Gasteiger partial charge in [-0.3, -0.25) is 4.98 Å². The molecular formula is C15H27N3O. The molecule has 1 rings (SSSR count). The van der Waals surface area contributed by atoms with Crippen molar-refractivity contribution in [1.29, 1.82) is 0 Å². The van der Waals surface area contributed by atoms with Crippen molar-refractivity contribution in [2.45, 2.75) is 38.8 Å². The van der Waals surface area contributed by atoms with Crippen molar-refractivity contribution in [1.82, 2.24) is 15.2 Å². The minimum Gasteiger partial charge on any atom is -0.390 e. The largest absolute Gasteiger partial charge is 0.390 e. The highest BCUT2D eigenvalue weighted by Crippen LogP contribution is 2.01. The molecule has 19 heavy (non-hydrogen) atoms. The van der Waals surface area contributed by atoms with Crippen LogP contribution in [-0.4, -0.2) is 53.3 Å². The van der Waals surface area contributed by atoms with Gasteiger partial charge in [-0.05, 0) is 51.9 Å². The molecule has 0 aliphatic carbocycles. The number of nitrogens with zero attached hydrogens (tertiary/aromatic N) is 2. The average molecular weight is 265 g/mol. The highest BCUT2D eigenvalue weighted by atomic mass is 16.3. The van der Waals surface area contributed by atoms with E-state index in [9.17, 15) is 5.11 Å². The smallest absolute Gasteiger partial charge is 0.0791 e. The summed E-state index contributed by atoms with van der Waals surface area (Å²) in [6.45, 7) is 8.57. The first-order valence-corrected chi connectivity index (χ1v) is 6.87. The molecule has 4 nitrogen and oxygen atoms in total. The van der Waals surface area contributed by atoms with Crippen LogP contribution in [0.4, 0.5) is 0 Å². The monoisotopic (exact) mass is 265 g/mol. The molecule has 0 amide bonds. The average Bonchev–Trinajstić information content (AvgIpc) is 2.34. The summed E-state index contributed by atoms with van der Waals surface area (Å²) in [4.78, 5) is 6.17. The summed E-state index contributed by atoms with van der Waals surface area (Å²) in [6, 6.07) is 4.07. The molecule has 0 aromatic carbocycles. The maximum Gasteiger partial charge on any atom is 0.0791 e. The maximum atomic E-state index is 9.97. The Balaban J connectivity index is 2.21. The molecule has 0 aliphatic rings. The van der Waals surface area contributed by atoms with Crippen LogP contribution in [0.25, 0.3) is 0 Å². The quantitative estimate of drug-likeness (QED) is 0.780. The highest BCUT2D eigenvalue weighted by molar-refractivity contribution is 5.09. The van der Waals surface area contributed by atoms with Gasteiger partial charge in [-0.15, -0.1) is 0 Å². The number of rotatable bonds is 7. The van der Waals surface area contributed by atoms with Crippen molar-refractivity contribution in [3.63, 3.8) is 0 Å². The third-order valence-electron chi connectivity index (χ3n) is 2.92. The number of pyridine rings is 1. The van der Waals surface area contributed by atoms with E-state index in [1.807, 2.05) is 31.6 Å². The summed E-state index contributed by atoms with van der Waals surface area (Å²) in [6.07, 6.45) is 4.29. The van der Waals surface area contributed by atoms with Gasteiger partial charge in [0, 0.05) is 37.6 Å². The fraction of sp³-hybridized carbons (Fsp3) is 0.667. The molecular weight excluding hydrogens is 238 g/mol. The number of likely N-dealkylation sites (N-methyl/N-ethyl adjacent to an activating group) is 1. The van der Waals surface area contributed by atoms with Crippen LogP contribution in [-0.2, 0) is 6.42 Å². The Morgan fingerprint density at radius 2 is 1.95 bits per heavy atom. The lowest BCUT2D eigenvalue weighted by molar-refractivity contribution is 0.117. The maximum absolute atomic E-state index is 9.97. The van der Waals surface area contributed by atoms with Crippen molar-refractivity contribution < 1.29 is 5.11 Å². The van der Waals surface area contributed by atoms with Gasteiger partial charge < -0.3 is 15.3 Å². The van der Waals surface area contributed by atoms with Crippen LogP contribution in [0.15, 0.2) is 24.5 Å². The molecule has 108 valence electrons. The van der Waals surface area contributed by atoms with Crippen LogP contribution >= 0.6 is 0 Å². The highest BCUT2D eigenvalue weighted by Gasteiger charge is 2.13. The molecule has 0 saturated heterocycles. The molecule has 1 atom stereocenters. The van der Waals surface area contributed by atoms with E-state index in [2.05, 4.69) is 36.0 Å². The van der Waals surface area contributed by atoms with Gasteiger partial charge in [-0.25, -0.2) is 0 Å². The number of aliphatic hydroxyl groups is 1. The van der Waals surface area contributed by atoms with Crippen molar-refractivity contribution >= 4 is 0 Å². The first kappa shape index (κ1) is 16.1. The normalized spacial score (nSPS) is 13.8. The molecule has 1 aromatic rings. The molecule has 0 radical (unpaired) electrons. The SMILES string of the molecule is CN(CCc1ccncc1)CC(O)CNC(C)(C)C. The van der Waals surface area contributed by atoms with Crippen LogP contribution in [0.5, 0.6) is 0 Å². The second-order valence-electron chi connectivity index (χ2n) is 6.15. The van der Waals surface area contributed by atoms with Crippen molar-refractivity contribution in [3.05, 3.63) is 30.1 Å². The van der Waals surface area contributed by atoms with Crippen molar-refractivity contribution in [2.75, 3.05) is 26.7 Å². The van der Waals surface area contributed by atoms with Crippen LogP contribution in [0.2, 0.25) is 0 Å². The minimum atomic E-state index is -0.332. The summed E-state index contributed by atoms with van der Waals surface area (Å²) in [5.41, 5.74) is 1.33. The molecule has 1 unspecified atom stereocenters. The van der Waals surface area contributed by atoms with Gasteiger partial charge in [0.15, 0.2) is 0 Å². The Labute approximate surface area is 116 Å². The number of aliphatic hydroxyl groups excluding tert-OH is 1. The Morgan fingerprint density at radius 3 is 2.53 bits per heavy atom. The fourth-order valence-electron chi connectivity index (χ4n) is 1.81. The summed E-state index contributed by atoms with van der Waals surface area (Å²) in [5.74, 6) is 0. The van der Waals surface area contributed by atoms with E-state index in [1.54, 1.807) is 0 Å². The summed E-state index contributed by atoms with van der Waals surface area (Å²) < 4.78 is 0. The first-order valence-electron chi connectivity index (χ1n) is 6.87. The number of nitrogens with one attached hydrogen (secondary N) is 1. The van der Waals surface area contributed by atoms with Crippen molar-refractivity contribution in [2.24, 2.45) is 0 Å². The van der Waals surface area contributed by atoms with Crippen LogP contribution in [0.3, 0.4) is 0 Å². The zero-order chi connectivity index (χ0) is 14.3. The molecule has 0 aliphatic heterocycles. The number of hydrogen-bond acceptors (Lipinski definition) is 4. The van der Waals surface area contributed by atoms with Gasteiger partial charge in [-0.2, -0.15) is 0 Å². The van der Waals surface area contributed by atoms with Gasteiger partial charge in [-0.1, -0.05) is 0 Å². The zero-order valence-corrected chi connectivity index (χ0v) is 12.6. The van der Waals surface area contributed by atoms with Crippen LogP contribution in [0.1, 0.15) is 26.3 Å². The van der Waals surface area contributed by atoms with Gasteiger partial charge in [0.2, 0.25) is 0 Å². The van der Waals surface area contributed by atoms with Gasteiger partial charge >= 0.3 is 0 Å². The molecule has 0 bridgehead atoms. The van der Waals surface area contributed by atoms with Crippen LogP contribution in [0, 0.1) is 0 Å². The second-order valence-corrected chi connectivity index (χ2v) is 6.15. The third kappa shape index (κ3) is 7.93. The van der Waals surface area contributed by atoms with E-state index in [0.29, 0.717) is 13.1 Å². The lowest BCUT2D eigenvalue weighted by Gasteiger charge is -2.25. The standard InChI is InChI=1S/C15H27N3O/c1-15(2,3)17-11-14(19)12-18(4)10-7-13-5-8-16-9-6-13/h5-6,8-9,14,17,19H,7,10-12H2,1-4H3. The first-order chi connectivity index (χ1) is 8.87. The molecule has 0 fully saturated rings. The Morgan fingerprint density at radius 1 is 1.32 bits per heavy atom. The van der Waals surface area contributed by atoms with Crippen molar-refractivity contribution in [3.8, 4) is 0 Å². The Hall–Kier alpha value is -0.970. The minimum absolute atomic E-state index is 0.0522. The Bertz CT molecular complexity index is 348. The second kappa shape index (κ2) is 7.58. The molecule has 1 heterocycles. The number of β-amino-alcohol motifs (C(OH)–C–C–N with tert-alkyl or cyclic N) is 1. The van der Waals surface area contributed by atoms with Gasteiger partial charge in [0.1, 0.15) is 0 Å². The lowest BCUT2D eigenvalue weighted by Crippen LogP contribution is -2.44. The van der Waals surface area contributed by atoms with E-state index in [0.717, 1.165) is 13.0 Å². The topological polar surface area (TPSA) is 48.4 Å². The predicted molar refractivity (Wildman–Crippen MR) is 79.2 cm³/mol. The fourth-order valence-corrected chi connectivity index (χ4v) is 1.81. The summed E-state index contributed by atoms with van der Waals surface area (Å²) in [5, 5.41) is 13.3. The van der Waals surface area contributed by atoms with Gasteiger partial charge in [0.25, 0.3) is 0 Å². The van der Waals surface area contributed by atoms with Crippen LogP contribution < -0.4 is 5.32 Å². The lowest BCUT2D eigenvalue weighted by atomic mass is 10.1. The molecule has 1 aromatic heterocycles. The molecule has 4 heteroatoms. The summed E-state index contributed by atoms with van der Waals surface area (Å²) in [7, 11) is 2.04. The predicted octanol–water partition coefficient (Wildman–Crippen LogP) is 1.30. The number of hydrogen-bond donors (Lipinski definition) is 2. The molecule has 0 spiro atoms. The van der Waals surface area contributed by atoms with E-state index >= 15 is 0 Å². The van der Waals surface area contributed by atoms with E-state index < -0.39 is 0 Å².